The van der Waals surface area contributed by atoms with Crippen molar-refractivity contribution in [2.75, 3.05) is 0 Å². The van der Waals surface area contributed by atoms with Gasteiger partial charge in [0.15, 0.2) is 5.54 Å². The van der Waals surface area contributed by atoms with Crippen LogP contribution in [0.2, 0.25) is 0 Å². The second-order valence-electron chi connectivity index (χ2n) is 4.54. The van der Waals surface area contributed by atoms with Crippen molar-refractivity contribution in [1.82, 2.24) is 0 Å². The summed E-state index contributed by atoms with van der Waals surface area (Å²) in [5.74, 6) is -0.0164. The number of nitrogens with zero attached hydrogens (tertiary/aromatic N) is 4. The average Bonchev–Trinajstić information content (AvgIpc) is 2.36. The number of rotatable bonds is 3. The molecule has 0 aliphatic heterocycles. The first-order chi connectivity index (χ1) is 7.65. The predicted molar refractivity (Wildman–Crippen MR) is 60.5 cm³/mol. The Kier molecular flexibility index (Phi) is 4.43. The third kappa shape index (κ3) is 3.03. The molecular weight excluding hydrogens is 200 g/mol. The topological polar surface area (TPSA) is 72.3 Å². The van der Waals surface area contributed by atoms with Crippen molar-refractivity contribution in [2.24, 2.45) is 16.1 Å². The van der Waals surface area contributed by atoms with E-state index in [1.807, 2.05) is 6.92 Å². The molecule has 1 rings (SSSR count). The summed E-state index contributed by atoms with van der Waals surface area (Å²) in [6.07, 6.45) is 4.70. The molecule has 0 radical (unpaired) electrons. The van der Waals surface area contributed by atoms with Gasteiger partial charge in [-0.1, -0.05) is 19.8 Å². The zero-order chi connectivity index (χ0) is 12.0. The minimum Gasteiger partial charge on any atom is -0.198 e. The minimum absolute atomic E-state index is 0.00188. The summed E-state index contributed by atoms with van der Waals surface area (Å²) in [6.45, 7) is 3.70. The SMILES string of the molecule is CCC(C)(C#N)/N=N/C1CCCCC1C#N. The van der Waals surface area contributed by atoms with Crippen molar-refractivity contribution < 1.29 is 0 Å². The second kappa shape index (κ2) is 5.61. The van der Waals surface area contributed by atoms with E-state index in [0.29, 0.717) is 6.42 Å². The lowest BCUT2D eigenvalue weighted by Gasteiger charge is -2.23. The van der Waals surface area contributed by atoms with Gasteiger partial charge in [0.1, 0.15) is 0 Å². The Morgan fingerprint density at radius 2 is 2.00 bits per heavy atom. The van der Waals surface area contributed by atoms with E-state index in [1.165, 1.54) is 0 Å². The van der Waals surface area contributed by atoms with Crippen LogP contribution in [0.1, 0.15) is 46.0 Å². The molecule has 86 valence electrons. The molecule has 0 bridgehead atoms. The van der Waals surface area contributed by atoms with Crippen molar-refractivity contribution in [2.45, 2.75) is 57.5 Å². The Hall–Kier alpha value is -1.42. The number of hydrogen-bond acceptors (Lipinski definition) is 4. The molecular formula is C12H18N4. The molecule has 16 heavy (non-hydrogen) atoms. The maximum absolute atomic E-state index is 8.99. The summed E-state index contributed by atoms with van der Waals surface area (Å²) < 4.78 is 0. The lowest BCUT2D eigenvalue weighted by Crippen LogP contribution is -2.23. The molecule has 0 aromatic carbocycles. The van der Waals surface area contributed by atoms with Crippen LogP contribution < -0.4 is 0 Å². The fraction of sp³-hybridized carbons (Fsp3) is 0.833. The van der Waals surface area contributed by atoms with Crippen molar-refractivity contribution in [3.63, 3.8) is 0 Å². The number of azo groups is 1. The summed E-state index contributed by atoms with van der Waals surface area (Å²) in [4.78, 5) is 0. The lowest BCUT2D eigenvalue weighted by atomic mass is 9.86. The first-order valence-corrected chi connectivity index (χ1v) is 5.88. The van der Waals surface area contributed by atoms with Crippen LogP contribution in [0.25, 0.3) is 0 Å². The molecule has 0 N–H and O–H groups in total. The number of nitriles is 2. The Labute approximate surface area is 97.0 Å². The first kappa shape index (κ1) is 12.6. The van der Waals surface area contributed by atoms with Gasteiger partial charge in [-0.15, -0.1) is 0 Å². The van der Waals surface area contributed by atoms with Crippen LogP contribution >= 0.6 is 0 Å². The van der Waals surface area contributed by atoms with Crippen LogP contribution in [0.3, 0.4) is 0 Å². The predicted octanol–water partition coefficient (Wildman–Crippen LogP) is 3.21. The Morgan fingerprint density at radius 1 is 1.31 bits per heavy atom. The van der Waals surface area contributed by atoms with Crippen molar-refractivity contribution in [3.8, 4) is 12.1 Å². The van der Waals surface area contributed by atoms with Crippen molar-refractivity contribution in [1.29, 1.82) is 10.5 Å². The van der Waals surface area contributed by atoms with E-state index in [1.54, 1.807) is 6.92 Å². The first-order valence-electron chi connectivity index (χ1n) is 5.88. The van der Waals surface area contributed by atoms with Crippen LogP contribution in [-0.2, 0) is 0 Å². The fourth-order valence-corrected chi connectivity index (χ4v) is 1.77. The summed E-state index contributed by atoms with van der Waals surface area (Å²) in [5, 5.41) is 26.3. The van der Waals surface area contributed by atoms with Gasteiger partial charge in [0.05, 0.1) is 24.1 Å². The van der Waals surface area contributed by atoms with Gasteiger partial charge < -0.3 is 0 Å². The van der Waals surface area contributed by atoms with Crippen LogP contribution in [0, 0.1) is 28.6 Å². The molecule has 3 unspecified atom stereocenters. The summed E-state index contributed by atoms with van der Waals surface area (Å²) in [5.41, 5.74) is -0.725. The Bertz CT molecular complexity index is 336. The van der Waals surface area contributed by atoms with Gasteiger partial charge in [0, 0.05) is 0 Å². The van der Waals surface area contributed by atoms with Gasteiger partial charge in [-0.05, 0) is 26.2 Å². The average molecular weight is 218 g/mol. The van der Waals surface area contributed by atoms with E-state index in [-0.39, 0.29) is 12.0 Å². The Balaban J connectivity index is 2.69. The summed E-state index contributed by atoms with van der Waals surface area (Å²) in [7, 11) is 0. The second-order valence-corrected chi connectivity index (χ2v) is 4.54. The third-order valence-electron chi connectivity index (χ3n) is 3.25. The molecule has 0 aromatic rings. The maximum Gasteiger partial charge on any atom is 0.164 e. The van der Waals surface area contributed by atoms with Crippen LogP contribution in [0.15, 0.2) is 10.2 Å². The van der Waals surface area contributed by atoms with E-state index in [9.17, 15) is 0 Å². The molecule has 4 heteroatoms. The van der Waals surface area contributed by atoms with E-state index in [2.05, 4.69) is 22.4 Å². The van der Waals surface area contributed by atoms with E-state index in [0.717, 1.165) is 25.7 Å². The van der Waals surface area contributed by atoms with Gasteiger partial charge in [0.25, 0.3) is 0 Å². The standard InChI is InChI=1S/C12H18N4/c1-3-12(2,9-14)16-15-11-7-5-4-6-10(11)8-13/h10-11H,3-7H2,1-2H3/b16-15+. The Morgan fingerprint density at radius 3 is 2.56 bits per heavy atom. The van der Waals surface area contributed by atoms with E-state index in [4.69, 9.17) is 10.5 Å². The molecule has 0 heterocycles. The summed E-state index contributed by atoms with van der Waals surface area (Å²) in [6, 6.07) is 4.44. The quantitative estimate of drug-likeness (QED) is 0.682. The zero-order valence-corrected chi connectivity index (χ0v) is 9.98. The van der Waals surface area contributed by atoms with Gasteiger partial charge in [-0.2, -0.15) is 20.8 Å². The van der Waals surface area contributed by atoms with Crippen LogP contribution in [0.5, 0.6) is 0 Å². The molecule has 0 amide bonds. The van der Waals surface area contributed by atoms with E-state index < -0.39 is 5.54 Å². The van der Waals surface area contributed by atoms with Gasteiger partial charge >= 0.3 is 0 Å². The van der Waals surface area contributed by atoms with E-state index >= 15 is 0 Å². The molecule has 1 aliphatic rings. The maximum atomic E-state index is 8.99. The van der Waals surface area contributed by atoms with Gasteiger partial charge in [0.2, 0.25) is 0 Å². The molecule has 0 saturated heterocycles. The highest BCUT2D eigenvalue weighted by molar-refractivity contribution is 5.03. The van der Waals surface area contributed by atoms with Crippen molar-refractivity contribution in [3.05, 3.63) is 0 Å². The third-order valence-corrected chi connectivity index (χ3v) is 3.25. The van der Waals surface area contributed by atoms with Crippen LogP contribution in [-0.4, -0.2) is 11.6 Å². The normalized spacial score (nSPS) is 29.2. The zero-order valence-electron chi connectivity index (χ0n) is 9.98. The van der Waals surface area contributed by atoms with Gasteiger partial charge in [-0.25, -0.2) is 0 Å². The van der Waals surface area contributed by atoms with Gasteiger partial charge in [-0.3, -0.25) is 0 Å². The molecule has 1 aliphatic carbocycles. The fourth-order valence-electron chi connectivity index (χ4n) is 1.77. The molecule has 0 spiro atoms. The molecule has 0 aromatic heterocycles. The molecule has 4 nitrogen and oxygen atoms in total. The lowest BCUT2D eigenvalue weighted by molar-refractivity contribution is 0.349. The largest absolute Gasteiger partial charge is 0.198 e. The smallest absolute Gasteiger partial charge is 0.164 e. The number of hydrogen-bond donors (Lipinski definition) is 0. The highest BCUT2D eigenvalue weighted by Crippen LogP contribution is 2.27. The van der Waals surface area contributed by atoms with Crippen molar-refractivity contribution >= 4 is 0 Å². The molecule has 3 atom stereocenters. The highest BCUT2D eigenvalue weighted by atomic mass is 15.2. The minimum atomic E-state index is -0.725. The van der Waals surface area contributed by atoms with Crippen LogP contribution in [0.4, 0.5) is 0 Å². The highest BCUT2D eigenvalue weighted by Gasteiger charge is 2.26. The molecule has 1 saturated carbocycles. The molecule has 1 fully saturated rings. The summed E-state index contributed by atoms with van der Waals surface area (Å²) >= 11 is 0. The monoisotopic (exact) mass is 218 g/mol.